The Bertz CT molecular complexity index is 1020. The molecule has 10 nitrogen and oxygen atoms in total. The van der Waals surface area contributed by atoms with Crippen LogP contribution in [0.3, 0.4) is 0 Å². The fourth-order valence-corrected chi connectivity index (χ4v) is 5.73. The largest absolute Gasteiger partial charge is 0.370 e. The lowest BCUT2D eigenvalue weighted by molar-refractivity contribution is -0.102. The number of rotatable bonds is 8. The van der Waals surface area contributed by atoms with Crippen molar-refractivity contribution in [2.75, 3.05) is 13.7 Å². The van der Waals surface area contributed by atoms with Crippen LogP contribution in [0.1, 0.15) is 58.8 Å². The van der Waals surface area contributed by atoms with Crippen molar-refractivity contribution >= 4 is 41.2 Å². The maximum Gasteiger partial charge on any atom is 0.280 e. The van der Waals surface area contributed by atoms with Crippen LogP contribution in [0.15, 0.2) is 37.1 Å². The van der Waals surface area contributed by atoms with Gasteiger partial charge in [0, 0.05) is 19.9 Å². The van der Waals surface area contributed by atoms with Gasteiger partial charge in [-0.25, -0.2) is 25.3 Å². The van der Waals surface area contributed by atoms with Gasteiger partial charge < -0.3 is 14.7 Å². The third-order valence-corrected chi connectivity index (χ3v) is 8.07. The molecule has 2 N–H and O–H groups in total. The first-order valence-electron chi connectivity index (χ1n) is 12.9. The molecule has 0 aromatic heterocycles. The molecule has 0 amide bonds. The highest BCUT2D eigenvalue weighted by atomic mass is 35.5. The number of aliphatic hydroxyl groups excluding tert-OH is 1. The van der Waals surface area contributed by atoms with Crippen molar-refractivity contribution in [2.45, 2.75) is 88.4 Å². The summed E-state index contributed by atoms with van der Waals surface area (Å²) in [5.74, 6) is 3.51. The maximum atomic E-state index is 9.72. The van der Waals surface area contributed by atoms with Crippen molar-refractivity contribution in [1.82, 2.24) is 10.4 Å². The lowest BCUT2D eigenvalue weighted by Crippen LogP contribution is -2.58. The van der Waals surface area contributed by atoms with Crippen molar-refractivity contribution in [3.8, 4) is 0 Å². The average Bonchev–Trinajstić information content (AvgIpc) is 3.42. The van der Waals surface area contributed by atoms with E-state index in [2.05, 4.69) is 33.9 Å². The smallest absolute Gasteiger partial charge is 0.280 e. The second-order valence-corrected chi connectivity index (χ2v) is 11.2. The van der Waals surface area contributed by atoms with E-state index >= 15 is 0 Å². The third kappa shape index (κ3) is 4.88. The van der Waals surface area contributed by atoms with Gasteiger partial charge in [-0.15, -0.1) is 0 Å². The van der Waals surface area contributed by atoms with E-state index in [0.717, 1.165) is 37.6 Å². The number of nitrogens with one attached hydrogen (secondary N) is 1. The number of methoxy groups -OCH3 is 1. The topological polar surface area (TPSA) is 116 Å². The molecule has 0 aromatic carbocycles. The van der Waals surface area contributed by atoms with Crippen LogP contribution in [0.25, 0.3) is 0 Å². The molecule has 3 aliphatic heterocycles. The molecule has 0 bridgehead atoms. The quantitative estimate of drug-likeness (QED) is 0.291. The highest BCUT2D eigenvalue weighted by Gasteiger charge is 2.53. The molecular formula is C25H36ClN7O3. The van der Waals surface area contributed by atoms with E-state index in [9.17, 15) is 5.11 Å². The van der Waals surface area contributed by atoms with E-state index in [1.165, 1.54) is 25.7 Å². The van der Waals surface area contributed by atoms with Crippen LogP contribution < -0.4 is 5.48 Å². The third-order valence-electron chi connectivity index (χ3n) is 7.96. The van der Waals surface area contributed by atoms with Crippen LogP contribution in [0.2, 0.25) is 0 Å². The van der Waals surface area contributed by atoms with Crippen molar-refractivity contribution in [3.05, 3.63) is 12.2 Å². The van der Waals surface area contributed by atoms with Gasteiger partial charge in [-0.05, 0) is 56.4 Å². The molecule has 11 heteroatoms. The lowest BCUT2D eigenvalue weighted by atomic mass is 9.77. The number of aliphatic imine (C=N–C) groups is 5. The molecule has 3 unspecified atom stereocenters. The van der Waals surface area contributed by atoms with Crippen LogP contribution >= 0.6 is 11.6 Å². The Hall–Kier alpha value is -2.14. The Labute approximate surface area is 217 Å². The molecule has 5 aliphatic rings. The van der Waals surface area contributed by atoms with Crippen LogP contribution in [0.5, 0.6) is 0 Å². The number of hydrogen-bond donors (Lipinski definition) is 2. The molecule has 0 spiro atoms. The molecule has 4 atom stereocenters. The summed E-state index contributed by atoms with van der Waals surface area (Å²) < 4.78 is 6.10. The monoisotopic (exact) mass is 517 g/mol. The number of aliphatic hydroxyl groups is 1. The fraction of sp³-hybridized carbons (Fsp3) is 0.720. The maximum absolute atomic E-state index is 9.72. The van der Waals surface area contributed by atoms with Gasteiger partial charge in [0.25, 0.3) is 6.41 Å². The van der Waals surface area contributed by atoms with E-state index in [0.29, 0.717) is 23.2 Å². The van der Waals surface area contributed by atoms with Gasteiger partial charge in [0.2, 0.25) is 0 Å². The van der Waals surface area contributed by atoms with Crippen molar-refractivity contribution in [2.24, 2.45) is 36.8 Å². The van der Waals surface area contributed by atoms with Gasteiger partial charge in [0.1, 0.15) is 29.0 Å². The minimum atomic E-state index is -1.31. The summed E-state index contributed by atoms with van der Waals surface area (Å²) >= 11 is 6.10. The number of ether oxygens (including phenoxy) is 1. The molecule has 196 valence electrons. The molecule has 0 aromatic rings. The zero-order chi connectivity index (χ0) is 25.4. The Morgan fingerprint density at radius 3 is 2.67 bits per heavy atom. The van der Waals surface area contributed by atoms with Crippen molar-refractivity contribution in [1.29, 1.82) is 0 Å². The SMILES string of the molecule is C=C(C=NC(C)Cl)C1N=C(C2=NC(O)ON2)N=C2N=C(C3(OC)CCC3)N(CC3CCC(C)CC3)[C@H]21. The van der Waals surface area contributed by atoms with Gasteiger partial charge in [0.15, 0.2) is 17.5 Å². The van der Waals surface area contributed by atoms with Crippen LogP contribution in [-0.2, 0) is 9.57 Å². The summed E-state index contributed by atoms with van der Waals surface area (Å²) in [4.78, 5) is 30.6. The predicted molar refractivity (Wildman–Crippen MR) is 142 cm³/mol. The molecule has 0 saturated heterocycles. The number of hydrogen-bond acceptors (Lipinski definition) is 10. The first kappa shape index (κ1) is 25.5. The van der Waals surface area contributed by atoms with Crippen LogP contribution in [0.4, 0.5) is 0 Å². The Kier molecular flexibility index (Phi) is 7.31. The average molecular weight is 518 g/mol. The highest BCUT2D eigenvalue weighted by molar-refractivity contribution is 6.43. The van der Waals surface area contributed by atoms with E-state index in [1.807, 2.05) is 0 Å². The molecule has 2 fully saturated rings. The second-order valence-electron chi connectivity index (χ2n) is 10.5. The van der Waals surface area contributed by atoms with Gasteiger partial charge in [-0.1, -0.05) is 37.9 Å². The van der Waals surface area contributed by atoms with Gasteiger partial charge in [0.05, 0.1) is 0 Å². The van der Waals surface area contributed by atoms with E-state index in [-0.39, 0.29) is 17.4 Å². The first-order valence-corrected chi connectivity index (χ1v) is 13.3. The summed E-state index contributed by atoms with van der Waals surface area (Å²) in [6, 6.07) is -0.639. The minimum absolute atomic E-state index is 0.229. The Morgan fingerprint density at radius 1 is 1.33 bits per heavy atom. The number of fused-ring (bicyclic) bond motifs is 1. The van der Waals surface area contributed by atoms with Crippen LogP contribution in [-0.4, -0.2) is 82.8 Å². The summed E-state index contributed by atoms with van der Waals surface area (Å²) in [6.45, 7) is 9.32. The van der Waals surface area contributed by atoms with Gasteiger partial charge in [-0.3, -0.25) is 9.98 Å². The van der Waals surface area contributed by atoms with Gasteiger partial charge in [-0.2, -0.15) is 0 Å². The minimum Gasteiger partial charge on any atom is -0.370 e. The lowest BCUT2D eigenvalue weighted by Gasteiger charge is -2.46. The molecule has 2 aliphatic carbocycles. The summed E-state index contributed by atoms with van der Waals surface area (Å²) in [7, 11) is 1.77. The molecule has 5 rings (SSSR count). The standard InChI is InChI=1S/C25H36ClN7O3/c1-14-6-8-17(9-7-14)13-33-19-18(15(2)12-27-16(3)26)28-21(22-31-24(34)36-32-22)29-20(19)30-23(33)25(35-4)10-5-11-25/h12,14,16-19,24,34H,2,5-11,13H2,1,3-4H3,(H,31,32)/t14?,16?,17?,18?,19-,24?/m0/s1. The second kappa shape index (κ2) is 10.3. The molecule has 0 radical (unpaired) electrons. The first-order chi connectivity index (χ1) is 17.3. The van der Waals surface area contributed by atoms with E-state index in [1.54, 1.807) is 20.2 Å². The fourth-order valence-electron chi connectivity index (χ4n) is 5.67. The zero-order valence-electron chi connectivity index (χ0n) is 21.2. The number of alkyl halides is 1. The summed E-state index contributed by atoms with van der Waals surface area (Å²) in [5.41, 5.74) is 2.53. The van der Waals surface area contributed by atoms with E-state index in [4.69, 9.17) is 36.2 Å². The number of amidine groups is 4. The summed E-state index contributed by atoms with van der Waals surface area (Å²) in [6.07, 6.45) is 8.25. The van der Waals surface area contributed by atoms with Crippen LogP contribution in [0, 0.1) is 11.8 Å². The van der Waals surface area contributed by atoms with Gasteiger partial charge >= 0.3 is 0 Å². The number of hydroxylamine groups is 1. The van der Waals surface area contributed by atoms with Crippen molar-refractivity contribution < 1.29 is 14.7 Å². The molecule has 2 saturated carbocycles. The molecular weight excluding hydrogens is 482 g/mol. The number of nitrogens with zero attached hydrogens (tertiary/aromatic N) is 6. The Morgan fingerprint density at radius 2 is 2.08 bits per heavy atom. The number of halogens is 1. The molecule has 36 heavy (non-hydrogen) atoms. The normalized spacial score (nSPS) is 34.2. The van der Waals surface area contributed by atoms with Crippen molar-refractivity contribution in [3.63, 3.8) is 0 Å². The highest BCUT2D eigenvalue weighted by Crippen LogP contribution is 2.42. The summed E-state index contributed by atoms with van der Waals surface area (Å²) in [5, 5.41) is 9.72. The van der Waals surface area contributed by atoms with E-state index < -0.39 is 18.1 Å². The molecule has 3 heterocycles. The zero-order valence-corrected chi connectivity index (χ0v) is 22.0. The Balaban J connectivity index is 1.53. The predicted octanol–water partition coefficient (Wildman–Crippen LogP) is 3.06.